The predicted octanol–water partition coefficient (Wildman–Crippen LogP) is 9.74. The van der Waals surface area contributed by atoms with Gasteiger partial charge in [0, 0.05) is 76.3 Å². The van der Waals surface area contributed by atoms with E-state index in [4.69, 9.17) is 32.5 Å². The number of aromatic nitrogens is 2. The Labute approximate surface area is 502 Å². The minimum Gasteiger partial charge on any atom is -0.484 e. The third-order valence-electron chi connectivity index (χ3n) is 21.9. The summed E-state index contributed by atoms with van der Waals surface area (Å²) >= 11 is 0. The number of aliphatic hydroxyl groups excluding tert-OH is 5. The number of carbonyl (C=O) groups excluding carboxylic acids is 1. The molecule has 7 aromatic rings. The number of hydrogen-bond donors (Lipinski definition) is 5. The largest absolute Gasteiger partial charge is 0.484 e. The average molecular weight is 1180 g/mol. The third kappa shape index (κ3) is 9.09. The smallest absolute Gasteiger partial charge is 0.345 e. The highest BCUT2D eigenvalue weighted by molar-refractivity contribution is 5.90. The number of pyridine rings is 2. The molecule has 0 spiro atoms. The first kappa shape index (κ1) is 58.4. The van der Waals surface area contributed by atoms with E-state index in [0.29, 0.717) is 61.8 Å². The van der Waals surface area contributed by atoms with Crippen LogP contribution < -0.4 is 20.7 Å². The lowest BCUT2D eigenvalue weighted by molar-refractivity contribution is -0.329. The van der Waals surface area contributed by atoms with Crippen molar-refractivity contribution in [2.24, 2.45) is 45.3 Å². The van der Waals surface area contributed by atoms with Gasteiger partial charge in [0.1, 0.15) is 51.5 Å². The number of esters is 1. The number of rotatable bonds is 6. The number of ether oxygens (including phenoxy) is 5. The first-order valence-electron chi connectivity index (χ1n) is 29.9. The molecule has 3 aromatic carbocycles. The molecule has 18 heteroatoms. The molecule has 4 unspecified atom stereocenters. The topological polar surface area (TPSA) is 274 Å². The van der Waals surface area contributed by atoms with Crippen LogP contribution >= 0.6 is 0 Å². The Bertz CT molecular complexity index is 3960. The molecule has 0 radical (unpaired) electrons. The lowest BCUT2D eigenvalue weighted by Crippen LogP contribution is -2.71. The van der Waals surface area contributed by atoms with Gasteiger partial charge in [0.2, 0.25) is 0 Å². The van der Waals surface area contributed by atoms with Crippen molar-refractivity contribution < 1.29 is 62.8 Å². The molecule has 7 heterocycles. The SMILES string of the molecule is C[C@]12CC[C@@H]3O[C@H](c4cccc5ccccc45)OC[C@@]3(C)C1C[C@H](OC(=O)c1ccc(C#N)cc1)[C@@]1(C)Oc3cc(-c4cccnc4)oc(=O)c3[C@H](O)C21.C[C@]12CC[C@H](O)[C@@](C)(CO)C1C[C@H](O)[C@@]1(C)Oc3cc(-c4cccnc4)oc(=O)c3[C@H](O)C21. The van der Waals surface area contributed by atoms with Gasteiger partial charge >= 0.3 is 17.2 Å². The fourth-order valence-corrected chi connectivity index (χ4v) is 17.4. The van der Waals surface area contributed by atoms with Crippen molar-refractivity contribution in [1.82, 2.24) is 9.97 Å². The minimum absolute atomic E-state index is 0.0380. The second-order valence-corrected chi connectivity index (χ2v) is 26.5. The van der Waals surface area contributed by atoms with Crippen molar-refractivity contribution in [2.75, 3.05) is 13.2 Å². The van der Waals surface area contributed by atoms with Crippen molar-refractivity contribution >= 4 is 16.7 Å². The van der Waals surface area contributed by atoms with Crippen LogP contribution in [0.3, 0.4) is 0 Å². The zero-order valence-corrected chi connectivity index (χ0v) is 49.3. The van der Waals surface area contributed by atoms with Gasteiger partial charge < -0.3 is 58.1 Å². The second kappa shape index (κ2) is 21.3. The molecular weight excluding hydrogens is 1110 g/mol. The number of carbonyl (C=O) groups is 1. The van der Waals surface area contributed by atoms with Gasteiger partial charge in [-0.1, -0.05) is 70.2 Å². The van der Waals surface area contributed by atoms with Crippen molar-refractivity contribution in [3.05, 3.63) is 177 Å². The Morgan fingerprint density at radius 1 is 0.678 bits per heavy atom. The summed E-state index contributed by atoms with van der Waals surface area (Å²) in [6.07, 6.45) is 3.59. The second-order valence-electron chi connectivity index (χ2n) is 26.5. The minimum atomic E-state index is -1.30. The first-order valence-corrected chi connectivity index (χ1v) is 29.9. The summed E-state index contributed by atoms with van der Waals surface area (Å²) < 4.78 is 44.6. The maximum absolute atomic E-state index is 13.9. The van der Waals surface area contributed by atoms with Gasteiger partial charge in [-0.3, -0.25) is 9.97 Å². The number of nitrogens with zero attached hydrogens (tertiary/aromatic N) is 3. The molecular formula is C69H71N3O15. The lowest BCUT2D eigenvalue weighted by Gasteiger charge is -2.67. The summed E-state index contributed by atoms with van der Waals surface area (Å²) in [4.78, 5) is 49.0. The summed E-state index contributed by atoms with van der Waals surface area (Å²) in [7, 11) is 0. The van der Waals surface area contributed by atoms with E-state index >= 15 is 0 Å². The average Bonchev–Trinajstić information content (AvgIpc) is 0.711. The summed E-state index contributed by atoms with van der Waals surface area (Å²) in [5.41, 5.74) is -3.49. The molecule has 17 atom stereocenters. The van der Waals surface area contributed by atoms with E-state index in [2.05, 4.69) is 48.1 Å². The van der Waals surface area contributed by atoms with Gasteiger partial charge in [0.05, 0.1) is 60.9 Å². The van der Waals surface area contributed by atoms with Crippen LogP contribution in [-0.2, 0) is 14.2 Å². The van der Waals surface area contributed by atoms with E-state index in [9.17, 15) is 45.2 Å². The molecule has 4 aromatic heterocycles. The first-order chi connectivity index (χ1) is 41.6. The number of aliphatic hydroxyl groups is 5. The molecule has 7 aliphatic rings. The number of fused-ring (bicyclic) bond motifs is 11. The fraction of sp³-hybridized carbons (Fsp3) is 0.449. The molecule has 18 nitrogen and oxygen atoms in total. The zero-order valence-electron chi connectivity index (χ0n) is 49.3. The highest BCUT2D eigenvalue weighted by atomic mass is 16.7. The van der Waals surface area contributed by atoms with Gasteiger partial charge in [0.15, 0.2) is 6.29 Å². The number of benzene rings is 3. The molecule has 14 rings (SSSR count). The Balaban J connectivity index is 0.000000181. The molecule has 0 bridgehead atoms. The van der Waals surface area contributed by atoms with Gasteiger partial charge in [-0.2, -0.15) is 5.26 Å². The predicted molar refractivity (Wildman–Crippen MR) is 315 cm³/mol. The molecule has 452 valence electrons. The maximum atomic E-state index is 13.9. The van der Waals surface area contributed by atoms with Gasteiger partial charge in [0.25, 0.3) is 0 Å². The van der Waals surface area contributed by atoms with Crippen molar-refractivity contribution in [3.63, 3.8) is 0 Å². The van der Waals surface area contributed by atoms with E-state index in [1.807, 2.05) is 45.0 Å². The van der Waals surface area contributed by atoms with E-state index in [1.54, 1.807) is 92.4 Å². The standard InChI is InChI=1S/C44H40N2O8.C25H31NO7/c1-42-18-17-34-43(2,24-50-41(53-34)30-12-6-9-26-8-4-5-11-29(26)30)33(42)21-35(52-39(48)27-15-13-25(22-45)14-16-27)44(3)38(42)37(47)36-32(54-44)20-31(51-40(36)49)28-10-7-19-46-23-28;1-23-7-6-17(28)24(2,12-27)16(23)10-18(29)25(3)21(23)20(30)19-15(33-25)9-14(32-22(19)31)13-5-4-8-26-11-13/h4-16,19-20,23,33-35,37-38,41,47H,17-18,21,24H2,1-3H3;4-5,8-9,11,16-18,20-21,27-30H,6-7,10,12H2,1-3H3/t33?,34-,35-,37-,38?,41+,42-,43-,44+;16?,17-,18-,20-,21?,23-,24-,25+/m00/s1. The monoisotopic (exact) mass is 1180 g/mol. The molecule has 0 amide bonds. The Morgan fingerprint density at radius 3 is 1.87 bits per heavy atom. The van der Waals surface area contributed by atoms with Gasteiger partial charge in [-0.05, 0) is 134 Å². The maximum Gasteiger partial charge on any atom is 0.345 e. The van der Waals surface area contributed by atoms with E-state index in [1.165, 1.54) is 0 Å². The summed E-state index contributed by atoms with van der Waals surface area (Å²) in [5.74, 6) is -1.48. The lowest BCUT2D eigenvalue weighted by atomic mass is 9.42. The highest BCUT2D eigenvalue weighted by Crippen LogP contribution is 2.70. The highest BCUT2D eigenvalue weighted by Gasteiger charge is 2.72. The van der Waals surface area contributed by atoms with Crippen LogP contribution in [0.5, 0.6) is 11.5 Å². The van der Waals surface area contributed by atoms with E-state index in [-0.39, 0.29) is 64.3 Å². The molecule has 4 saturated carbocycles. The van der Waals surface area contributed by atoms with Crippen LogP contribution in [0, 0.1) is 56.7 Å². The normalized spacial score (nSPS) is 36.1. The Morgan fingerprint density at radius 2 is 1.26 bits per heavy atom. The van der Waals surface area contributed by atoms with Crippen molar-refractivity contribution in [1.29, 1.82) is 5.26 Å². The molecule has 87 heavy (non-hydrogen) atoms. The Kier molecular flexibility index (Phi) is 14.3. The van der Waals surface area contributed by atoms with E-state index in [0.717, 1.165) is 16.3 Å². The van der Waals surface area contributed by atoms with Crippen LogP contribution in [0.15, 0.2) is 146 Å². The van der Waals surface area contributed by atoms with Crippen molar-refractivity contribution in [2.45, 2.75) is 134 Å². The molecule has 3 aliphatic heterocycles. The Hall–Kier alpha value is -7.60. The fourth-order valence-electron chi connectivity index (χ4n) is 17.4. The van der Waals surface area contributed by atoms with Crippen LogP contribution in [0.4, 0.5) is 0 Å². The van der Waals surface area contributed by atoms with Crippen LogP contribution in [0.25, 0.3) is 33.4 Å². The zero-order chi connectivity index (χ0) is 61.2. The quantitative estimate of drug-likeness (QED) is 0.0969. The van der Waals surface area contributed by atoms with Crippen LogP contribution in [0.1, 0.15) is 131 Å². The number of nitriles is 1. The number of hydrogen-bond acceptors (Lipinski definition) is 18. The molecule has 5 N–H and O–H groups in total. The van der Waals surface area contributed by atoms with Crippen LogP contribution in [-0.4, -0.2) is 90.3 Å². The van der Waals surface area contributed by atoms with Gasteiger partial charge in [-0.15, -0.1) is 0 Å². The molecule has 5 fully saturated rings. The summed E-state index contributed by atoms with van der Waals surface area (Å²) in [5, 5.41) is 67.9. The molecule has 1 saturated heterocycles. The van der Waals surface area contributed by atoms with Crippen molar-refractivity contribution in [3.8, 4) is 40.2 Å². The summed E-state index contributed by atoms with van der Waals surface area (Å²) in [6.45, 7) is 11.9. The van der Waals surface area contributed by atoms with Gasteiger partial charge in [-0.25, -0.2) is 14.4 Å². The van der Waals surface area contributed by atoms with E-state index < -0.39 is 98.7 Å². The van der Waals surface area contributed by atoms with Crippen LogP contribution in [0.2, 0.25) is 0 Å². The third-order valence-corrected chi connectivity index (χ3v) is 21.9. The summed E-state index contributed by atoms with van der Waals surface area (Å²) in [6, 6.07) is 32.9. The molecule has 4 aliphatic carbocycles.